The summed E-state index contributed by atoms with van der Waals surface area (Å²) in [7, 11) is 1.56. The minimum Gasteiger partial charge on any atom is -0.496 e. The van der Waals surface area contributed by atoms with E-state index in [1.54, 1.807) is 19.2 Å². The van der Waals surface area contributed by atoms with Crippen molar-refractivity contribution in [3.63, 3.8) is 0 Å². The molecule has 0 saturated carbocycles. The van der Waals surface area contributed by atoms with E-state index in [1.165, 1.54) is 18.2 Å². The van der Waals surface area contributed by atoms with Crippen molar-refractivity contribution in [1.82, 2.24) is 10.6 Å². The molecular formula is C20H23FN2O3. The molecule has 6 heteroatoms. The maximum atomic E-state index is 13.8. The van der Waals surface area contributed by atoms with Crippen molar-refractivity contribution in [1.29, 1.82) is 0 Å². The lowest BCUT2D eigenvalue weighted by molar-refractivity contribution is -0.124. The largest absolute Gasteiger partial charge is 0.496 e. The monoisotopic (exact) mass is 358 g/mol. The molecule has 0 bridgehead atoms. The van der Waals surface area contributed by atoms with Gasteiger partial charge in [0.2, 0.25) is 5.91 Å². The van der Waals surface area contributed by atoms with Gasteiger partial charge in [-0.15, -0.1) is 0 Å². The average Bonchev–Trinajstić information content (AvgIpc) is 2.64. The molecule has 1 atom stereocenters. The van der Waals surface area contributed by atoms with Crippen molar-refractivity contribution < 1.29 is 18.7 Å². The number of amides is 2. The van der Waals surface area contributed by atoms with Gasteiger partial charge < -0.3 is 15.4 Å². The van der Waals surface area contributed by atoms with Gasteiger partial charge in [0, 0.05) is 12.1 Å². The highest BCUT2D eigenvalue weighted by Crippen LogP contribution is 2.17. The zero-order chi connectivity index (χ0) is 19.1. The summed E-state index contributed by atoms with van der Waals surface area (Å²) in [5.74, 6) is -1.07. The Morgan fingerprint density at radius 3 is 2.38 bits per heavy atom. The van der Waals surface area contributed by atoms with Crippen LogP contribution in [0, 0.1) is 11.7 Å². The molecule has 0 saturated heterocycles. The first-order valence-corrected chi connectivity index (χ1v) is 8.39. The summed E-state index contributed by atoms with van der Waals surface area (Å²) < 4.78 is 19.0. The molecule has 26 heavy (non-hydrogen) atoms. The third kappa shape index (κ3) is 4.81. The molecule has 2 rings (SSSR count). The number of methoxy groups -OCH3 is 1. The summed E-state index contributed by atoms with van der Waals surface area (Å²) in [6.45, 7) is 3.89. The first-order valence-electron chi connectivity index (χ1n) is 8.39. The lowest BCUT2D eigenvalue weighted by atomic mass is 10.0. The summed E-state index contributed by atoms with van der Waals surface area (Å²) in [5.41, 5.74) is 0.738. The van der Waals surface area contributed by atoms with Crippen molar-refractivity contribution >= 4 is 11.8 Å². The Balaban J connectivity index is 2.05. The Bertz CT molecular complexity index is 777. The number of hydrogen-bond donors (Lipinski definition) is 2. The van der Waals surface area contributed by atoms with Crippen molar-refractivity contribution in [2.75, 3.05) is 7.11 Å². The van der Waals surface area contributed by atoms with Crippen LogP contribution in [0.2, 0.25) is 0 Å². The van der Waals surface area contributed by atoms with E-state index in [4.69, 9.17) is 4.74 Å². The number of ether oxygens (including phenoxy) is 1. The molecule has 0 aliphatic rings. The molecule has 2 aromatic rings. The number of benzene rings is 2. The molecule has 0 aliphatic carbocycles. The minimum atomic E-state index is -0.781. The fourth-order valence-electron chi connectivity index (χ4n) is 2.54. The normalized spacial score (nSPS) is 11.7. The number of halogens is 1. The molecule has 0 aliphatic heterocycles. The standard InChI is InChI=1S/C20H23FN2O3/c1-13(2)18(23-19(24)15-9-5-6-10-16(15)21)20(25)22-12-14-8-4-7-11-17(14)26-3/h4-11,13,18H,12H2,1-3H3,(H,22,25)(H,23,24). The summed E-state index contributed by atoms with van der Waals surface area (Å²) in [4.78, 5) is 24.9. The van der Waals surface area contributed by atoms with E-state index in [0.29, 0.717) is 5.75 Å². The highest BCUT2D eigenvalue weighted by molar-refractivity contribution is 5.97. The molecule has 2 amide bonds. The third-order valence-electron chi connectivity index (χ3n) is 4.00. The third-order valence-corrected chi connectivity index (χ3v) is 4.00. The van der Waals surface area contributed by atoms with Crippen molar-refractivity contribution in [3.8, 4) is 5.75 Å². The van der Waals surface area contributed by atoms with Gasteiger partial charge in [0.05, 0.1) is 12.7 Å². The maximum Gasteiger partial charge on any atom is 0.254 e. The number of carbonyl (C=O) groups is 2. The van der Waals surface area contributed by atoms with E-state index in [9.17, 15) is 14.0 Å². The van der Waals surface area contributed by atoms with Crippen molar-refractivity contribution in [2.45, 2.75) is 26.4 Å². The average molecular weight is 358 g/mol. The van der Waals surface area contributed by atoms with E-state index in [-0.39, 0.29) is 23.9 Å². The molecule has 2 N–H and O–H groups in total. The number of carbonyl (C=O) groups excluding carboxylic acids is 2. The van der Waals surface area contributed by atoms with Crippen LogP contribution in [0.5, 0.6) is 5.75 Å². The Labute approximate surface area is 152 Å². The molecule has 0 heterocycles. The van der Waals surface area contributed by atoms with Gasteiger partial charge >= 0.3 is 0 Å². The smallest absolute Gasteiger partial charge is 0.254 e. The molecule has 0 spiro atoms. The summed E-state index contributed by atoms with van der Waals surface area (Å²) in [6.07, 6.45) is 0. The topological polar surface area (TPSA) is 67.4 Å². The quantitative estimate of drug-likeness (QED) is 0.800. The highest BCUT2D eigenvalue weighted by atomic mass is 19.1. The van der Waals surface area contributed by atoms with Crippen LogP contribution in [0.15, 0.2) is 48.5 Å². The molecule has 2 aromatic carbocycles. The molecule has 0 fully saturated rings. The van der Waals surface area contributed by atoms with E-state index in [0.717, 1.165) is 5.56 Å². The van der Waals surface area contributed by atoms with E-state index < -0.39 is 17.8 Å². The predicted molar refractivity (Wildman–Crippen MR) is 97.3 cm³/mol. The minimum absolute atomic E-state index is 0.0873. The fourth-order valence-corrected chi connectivity index (χ4v) is 2.54. The Kier molecular flexibility index (Phi) is 6.72. The Morgan fingerprint density at radius 2 is 1.73 bits per heavy atom. The Morgan fingerprint density at radius 1 is 1.08 bits per heavy atom. The van der Waals surface area contributed by atoms with Gasteiger partial charge in [-0.2, -0.15) is 0 Å². The van der Waals surface area contributed by atoms with Crippen LogP contribution in [0.1, 0.15) is 29.8 Å². The van der Waals surface area contributed by atoms with Crippen LogP contribution in [0.25, 0.3) is 0 Å². The number of rotatable bonds is 7. The summed E-state index contributed by atoms with van der Waals surface area (Å²) in [6, 6.07) is 12.2. The zero-order valence-corrected chi connectivity index (χ0v) is 15.1. The number of nitrogens with one attached hydrogen (secondary N) is 2. The van der Waals surface area contributed by atoms with Gasteiger partial charge in [0.15, 0.2) is 0 Å². The zero-order valence-electron chi connectivity index (χ0n) is 15.1. The molecular weight excluding hydrogens is 335 g/mol. The van der Waals surface area contributed by atoms with Gasteiger partial charge in [0.25, 0.3) is 5.91 Å². The molecule has 5 nitrogen and oxygen atoms in total. The second-order valence-corrected chi connectivity index (χ2v) is 6.20. The van der Waals surface area contributed by atoms with Gasteiger partial charge in [-0.3, -0.25) is 9.59 Å². The maximum absolute atomic E-state index is 13.8. The van der Waals surface area contributed by atoms with Crippen molar-refractivity contribution in [2.24, 2.45) is 5.92 Å². The molecule has 1 unspecified atom stereocenters. The van der Waals surface area contributed by atoms with Crippen LogP contribution in [0.3, 0.4) is 0 Å². The fraction of sp³-hybridized carbons (Fsp3) is 0.300. The first kappa shape index (κ1) is 19.4. The molecule has 0 aromatic heterocycles. The summed E-state index contributed by atoms with van der Waals surface area (Å²) in [5, 5.41) is 5.42. The lowest BCUT2D eigenvalue weighted by Crippen LogP contribution is -2.49. The van der Waals surface area contributed by atoms with Crippen LogP contribution < -0.4 is 15.4 Å². The van der Waals surface area contributed by atoms with E-state index >= 15 is 0 Å². The number of para-hydroxylation sites is 1. The van der Waals surface area contributed by atoms with Crippen molar-refractivity contribution in [3.05, 3.63) is 65.5 Å². The van der Waals surface area contributed by atoms with Gasteiger partial charge in [-0.05, 0) is 24.1 Å². The van der Waals surface area contributed by atoms with Crippen LogP contribution in [-0.4, -0.2) is 25.0 Å². The van der Waals surface area contributed by atoms with Crippen LogP contribution >= 0.6 is 0 Å². The van der Waals surface area contributed by atoms with E-state index in [2.05, 4.69) is 10.6 Å². The second-order valence-electron chi connectivity index (χ2n) is 6.20. The predicted octanol–water partition coefficient (Wildman–Crippen LogP) is 2.91. The summed E-state index contributed by atoms with van der Waals surface area (Å²) >= 11 is 0. The second kappa shape index (κ2) is 8.99. The number of hydrogen-bond acceptors (Lipinski definition) is 3. The van der Waals surface area contributed by atoms with Crippen LogP contribution in [-0.2, 0) is 11.3 Å². The molecule has 138 valence electrons. The SMILES string of the molecule is COc1ccccc1CNC(=O)C(NC(=O)c1ccccc1F)C(C)C. The van der Waals surface area contributed by atoms with Gasteiger partial charge in [-0.25, -0.2) is 4.39 Å². The lowest BCUT2D eigenvalue weighted by Gasteiger charge is -2.22. The first-order chi connectivity index (χ1) is 12.4. The Hall–Kier alpha value is -2.89. The van der Waals surface area contributed by atoms with E-state index in [1.807, 2.05) is 32.0 Å². The van der Waals surface area contributed by atoms with Gasteiger partial charge in [-0.1, -0.05) is 44.2 Å². The van der Waals surface area contributed by atoms with Gasteiger partial charge in [0.1, 0.15) is 17.6 Å². The molecule has 0 radical (unpaired) electrons. The van der Waals surface area contributed by atoms with Crippen LogP contribution in [0.4, 0.5) is 4.39 Å². The highest BCUT2D eigenvalue weighted by Gasteiger charge is 2.25.